The van der Waals surface area contributed by atoms with Crippen LogP contribution in [0.1, 0.15) is 6.92 Å². The molecule has 1 aliphatic heterocycles. The number of hydrogen-bond acceptors (Lipinski definition) is 4. The van der Waals surface area contributed by atoms with Gasteiger partial charge in [-0.05, 0) is 19.1 Å². The second kappa shape index (κ2) is 5.19. The summed E-state index contributed by atoms with van der Waals surface area (Å²) in [6, 6.07) is 0. The number of hydrogen-bond donors (Lipinski definition) is 1. The first kappa shape index (κ1) is 14.8. The van der Waals surface area contributed by atoms with Crippen molar-refractivity contribution in [3.63, 3.8) is 0 Å². The summed E-state index contributed by atoms with van der Waals surface area (Å²) in [5, 5.41) is 9.26. The summed E-state index contributed by atoms with van der Waals surface area (Å²) >= 11 is 5.39. The van der Waals surface area contributed by atoms with Crippen LogP contribution in [-0.2, 0) is 14.3 Å². The first-order valence-electron chi connectivity index (χ1n) is 4.88. The molecule has 0 fully saturated rings. The molecule has 8 heteroatoms. The number of alkyl halides is 4. The topological polar surface area (TPSA) is 55.8 Å². The van der Waals surface area contributed by atoms with Crippen LogP contribution < -0.4 is 0 Å². The van der Waals surface area contributed by atoms with Crippen molar-refractivity contribution in [1.82, 2.24) is 0 Å². The predicted molar refractivity (Wildman–Crippen MR) is 55.6 cm³/mol. The lowest BCUT2D eigenvalue weighted by Crippen LogP contribution is -2.47. The highest BCUT2D eigenvalue weighted by atomic mass is 35.5. The van der Waals surface area contributed by atoms with E-state index in [0.717, 1.165) is 6.08 Å². The number of halogens is 4. The number of carbonyl (C=O) groups is 1. The zero-order valence-corrected chi connectivity index (χ0v) is 10.0. The Kier molecular flexibility index (Phi) is 4.28. The fourth-order valence-electron chi connectivity index (χ4n) is 1.21. The number of aliphatic hydroxyl groups is 1. The number of rotatable bonds is 3. The van der Waals surface area contributed by atoms with Crippen molar-refractivity contribution in [2.75, 3.05) is 12.5 Å². The molecular formula is C10H10ClF3O4. The summed E-state index contributed by atoms with van der Waals surface area (Å²) < 4.78 is 46.5. The molecule has 1 atom stereocenters. The monoisotopic (exact) mass is 286 g/mol. The quantitative estimate of drug-likeness (QED) is 0.636. The third kappa shape index (κ3) is 2.78. The highest BCUT2D eigenvalue weighted by Crippen LogP contribution is 2.38. The van der Waals surface area contributed by atoms with Gasteiger partial charge in [-0.15, -0.1) is 11.6 Å². The smallest absolute Gasteiger partial charge is 0.459 e. The molecule has 0 saturated heterocycles. The lowest BCUT2D eigenvalue weighted by atomic mass is 10.1. The summed E-state index contributed by atoms with van der Waals surface area (Å²) in [6.07, 6.45) is -3.93. The molecule has 0 saturated carbocycles. The van der Waals surface area contributed by atoms with Gasteiger partial charge in [-0.3, -0.25) is 0 Å². The van der Waals surface area contributed by atoms with Crippen molar-refractivity contribution in [3.8, 4) is 0 Å². The minimum Gasteiger partial charge on any atom is -0.462 e. The summed E-state index contributed by atoms with van der Waals surface area (Å²) in [5.41, 5.74) is -0.249. The van der Waals surface area contributed by atoms with Crippen molar-refractivity contribution >= 4 is 17.6 Å². The molecule has 0 radical (unpaired) electrons. The Morgan fingerprint density at radius 3 is 2.67 bits per heavy atom. The number of carbonyl (C=O) groups excluding carboxylic acids is 1. The molecule has 0 amide bonds. The Labute approximate surface area is 106 Å². The average molecular weight is 287 g/mol. The fraction of sp³-hybridized carbons (Fsp3) is 0.500. The molecule has 18 heavy (non-hydrogen) atoms. The van der Waals surface area contributed by atoms with Gasteiger partial charge in [0.25, 0.3) is 0 Å². The van der Waals surface area contributed by atoms with Crippen molar-refractivity contribution in [2.24, 2.45) is 0 Å². The van der Waals surface area contributed by atoms with Crippen LogP contribution >= 0.6 is 11.6 Å². The van der Waals surface area contributed by atoms with Gasteiger partial charge in [-0.2, -0.15) is 13.2 Å². The van der Waals surface area contributed by atoms with Crippen LogP contribution in [0.5, 0.6) is 0 Å². The van der Waals surface area contributed by atoms with Gasteiger partial charge in [-0.1, -0.05) is 0 Å². The summed E-state index contributed by atoms with van der Waals surface area (Å²) in [6.45, 7) is 1.59. The van der Waals surface area contributed by atoms with Crippen molar-refractivity contribution in [3.05, 3.63) is 23.5 Å². The highest BCUT2D eigenvalue weighted by Gasteiger charge is 2.56. The molecule has 0 aliphatic carbocycles. The number of esters is 1. The van der Waals surface area contributed by atoms with E-state index >= 15 is 0 Å². The van der Waals surface area contributed by atoms with Gasteiger partial charge in [0.15, 0.2) is 0 Å². The minimum absolute atomic E-state index is 0.0509. The molecule has 0 spiro atoms. The summed E-state index contributed by atoms with van der Waals surface area (Å²) in [4.78, 5) is 11.4. The molecule has 0 bridgehead atoms. The Bertz CT molecular complexity index is 402. The Balaban J connectivity index is 3.05. The van der Waals surface area contributed by atoms with E-state index in [1.54, 1.807) is 0 Å². The Hall–Kier alpha value is -1.21. The number of ether oxygens (including phenoxy) is 2. The average Bonchev–Trinajstić information content (AvgIpc) is 2.27. The molecule has 0 aromatic carbocycles. The van der Waals surface area contributed by atoms with Crippen LogP contribution in [0.25, 0.3) is 0 Å². The lowest BCUT2D eigenvalue weighted by molar-refractivity contribution is -0.330. The molecule has 4 nitrogen and oxygen atoms in total. The predicted octanol–water partition coefficient (Wildman–Crippen LogP) is 1.88. The van der Waals surface area contributed by atoms with E-state index in [9.17, 15) is 23.1 Å². The zero-order chi connectivity index (χ0) is 14.0. The third-order valence-electron chi connectivity index (χ3n) is 2.08. The first-order valence-corrected chi connectivity index (χ1v) is 5.42. The molecule has 0 aromatic heterocycles. The van der Waals surface area contributed by atoms with Crippen LogP contribution in [0.15, 0.2) is 23.5 Å². The molecule has 1 heterocycles. The van der Waals surface area contributed by atoms with E-state index in [1.165, 1.54) is 6.92 Å². The lowest BCUT2D eigenvalue weighted by Gasteiger charge is -2.31. The largest absolute Gasteiger partial charge is 0.462 e. The summed E-state index contributed by atoms with van der Waals surface area (Å²) in [7, 11) is 0. The minimum atomic E-state index is -5.04. The van der Waals surface area contributed by atoms with Gasteiger partial charge in [0.1, 0.15) is 5.76 Å². The normalized spacial score (nSPS) is 23.9. The Morgan fingerprint density at radius 2 is 2.22 bits per heavy atom. The molecule has 1 rings (SSSR count). The van der Waals surface area contributed by atoms with Crippen LogP contribution in [0.4, 0.5) is 13.2 Å². The van der Waals surface area contributed by atoms with E-state index in [0.29, 0.717) is 6.08 Å². The number of allylic oxidation sites excluding steroid dienone is 1. The standard InChI is InChI=1S/C10H10ClF3O4/c1-2-17-8(15)6-3-4-9(16,10(12,13)14)18-7(6)5-11/h3-4,16H,2,5H2,1H3. The maximum absolute atomic E-state index is 12.5. The van der Waals surface area contributed by atoms with Crippen molar-refractivity contribution < 1.29 is 32.5 Å². The van der Waals surface area contributed by atoms with Crippen LogP contribution in [0, 0.1) is 0 Å². The van der Waals surface area contributed by atoms with Crippen molar-refractivity contribution in [2.45, 2.75) is 18.9 Å². The third-order valence-corrected chi connectivity index (χ3v) is 2.32. The molecule has 1 unspecified atom stereocenters. The molecule has 0 aromatic rings. The van der Waals surface area contributed by atoms with Gasteiger partial charge in [0.05, 0.1) is 18.1 Å². The maximum Gasteiger partial charge on any atom is 0.459 e. The SMILES string of the molecule is CCOC(=O)C1=C(CCl)OC(O)(C(F)(F)F)C=C1. The van der Waals surface area contributed by atoms with E-state index in [2.05, 4.69) is 9.47 Å². The maximum atomic E-state index is 12.5. The molecule has 1 aliphatic rings. The molecule has 102 valence electrons. The molecular weight excluding hydrogens is 277 g/mol. The zero-order valence-electron chi connectivity index (χ0n) is 9.25. The van der Waals surface area contributed by atoms with Crippen LogP contribution in [0.3, 0.4) is 0 Å². The first-order chi connectivity index (χ1) is 8.25. The van der Waals surface area contributed by atoms with E-state index in [4.69, 9.17) is 11.6 Å². The molecule has 1 N–H and O–H groups in total. The van der Waals surface area contributed by atoms with Gasteiger partial charge >= 0.3 is 17.9 Å². The van der Waals surface area contributed by atoms with Gasteiger partial charge in [-0.25, -0.2) is 4.79 Å². The Morgan fingerprint density at radius 1 is 1.61 bits per heavy atom. The fourth-order valence-corrected chi connectivity index (χ4v) is 1.41. The van der Waals surface area contributed by atoms with Crippen molar-refractivity contribution in [1.29, 1.82) is 0 Å². The highest BCUT2D eigenvalue weighted by molar-refractivity contribution is 6.19. The van der Waals surface area contributed by atoms with Gasteiger partial charge in [0, 0.05) is 0 Å². The summed E-state index contributed by atoms with van der Waals surface area (Å²) in [5.74, 6) is -5.34. The van der Waals surface area contributed by atoms with E-state index < -0.39 is 29.6 Å². The van der Waals surface area contributed by atoms with Gasteiger partial charge < -0.3 is 14.6 Å². The van der Waals surface area contributed by atoms with Crippen LogP contribution in [0.2, 0.25) is 0 Å². The van der Waals surface area contributed by atoms with Gasteiger partial charge in [0.2, 0.25) is 0 Å². The van der Waals surface area contributed by atoms with E-state index in [-0.39, 0.29) is 12.2 Å². The van der Waals surface area contributed by atoms with E-state index in [1.807, 2.05) is 0 Å². The second-order valence-electron chi connectivity index (χ2n) is 3.32. The van der Waals surface area contributed by atoms with Crippen LogP contribution in [-0.4, -0.2) is 35.5 Å². The second-order valence-corrected chi connectivity index (χ2v) is 3.59.